The largest absolute Gasteiger partial charge is 0.399 e. The van der Waals surface area contributed by atoms with Crippen LogP contribution in [-0.2, 0) is 0 Å². The van der Waals surface area contributed by atoms with Crippen LogP contribution in [0.5, 0.6) is 0 Å². The zero-order chi connectivity index (χ0) is 23.9. The van der Waals surface area contributed by atoms with E-state index in [9.17, 15) is 0 Å². The van der Waals surface area contributed by atoms with Crippen molar-refractivity contribution in [2.24, 2.45) is 0 Å². The van der Waals surface area contributed by atoms with Gasteiger partial charge in [0.05, 0.1) is 0 Å². The number of nitrogen functional groups attached to an aromatic ring is 8. The minimum atomic E-state index is 0.749. The van der Waals surface area contributed by atoms with Gasteiger partial charge in [-0.2, -0.15) is 0 Å². The fourth-order valence-electron chi connectivity index (χ4n) is 1.98. The lowest BCUT2D eigenvalue weighted by Crippen LogP contribution is -1.86. The third-order valence-electron chi connectivity index (χ3n) is 3.75. The Kier molecular flexibility index (Phi) is 10.7. The van der Waals surface area contributed by atoms with E-state index >= 15 is 0 Å². The van der Waals surface area contributed by atoms with E-state index in [1.165, 1.54) is 0 Å². The second kappa shape index (κ2) is 13.5. The fraction of sp³-hybridized carbons (Fsp3) is 0. The predicted octanol–water partition coefficient (Wildman–Crippen LogP) is 3.40. The summed E-state index contributed by atoms with van der Waals surface area (Å²) < 4.78 is 0. The molecule has 0 unspecified atom stereocenters. The van der Waals surface area contributed by atoms with Gasteiger partial charge in [0.2, 0.25) is 0 Å². The number of nitrogens with two attached hydrogens (primary N) is 8. The smallest absolute Gasteiger partial charge is 0.0315 e. The third-order valence-corrected chi connectivity index (χ3v) is 3.75. The summed E-state index contributed by atoms with van der Waals surface area (Å²) in [7, 11) is 0. The van der Waals surface area contributed by atoms with Crippen molar-refractivity contribution >= 4 is 45.5 Å². The van der Waals surface area contributed by atoms with E-state index in [2.05, 4.69) is 0 Å². The highest BCUT2D eigenvalue weighted by molar-refractivity contribution is 5.49. The normalized spacial score (nSPS) is 9.00. The number of anilines is 8. The summed E-state index contributed by atoms with van der Waals surface area (Å²) >= 11 is 0. The molecule has 0 atom stereocenters. The molecule has 4 rings (SSSR count). The molecule has 0 spiro atoms. The topological polar surface area (TPSA) is 208 Å². The van der Waals surface area contributed by atoms with Crippen LogP contribution in [0.25, 0.3) is 0 Å². The molecule has 0 aliphatic rings. The van der Waals surface area contributed by atoms with Gasteiger partial charge in [-0.15, -0.1) is 0 Å². The molecule has 32 heavy (non-hydrogen) atoms. The SMILES string of the molecule is Nc1ccc(N)cc1.Nc1ccc(N)cc1.Nc1ccc(N)cc1.Nc1ccc(N)cc1. The van der Waals surface area contributed by atoms with Crippen LogP contribution in [0.15, 0.2) is 97.1 Å². The van der Waals surface area contributed by atoms with Crippen LogP contribution in [0.4, 0.5) is 45.5 Å². The maximum atomic E-state index is 5.37. The summed E-state index contributed by atoms with van der Waals surface area (Å²) in [5, 5.41) is 0. The van der Waals surface area contributed by atoms with Gasteiger partial charge in [0.25, 0.3) is 0 Å². The highest BCUT2D eigenvalue weighted by atomic mass is 14.6. The molecule has 4 aromatic carbocycles. The molecule has 0 fully saturated rings. The highest BCUT2D eigenvalue weighted by Crippen LogP contribution is 2.07. The average molecular weight is 433 g/mol. The Hall–Kier alpha value is -4.72. The fourth-order valence-corrected chi connectivity index (χ4v) is 1.98. The lowest BCUT2D eigenvalue weighted by atomic mass is 10.3. The summed E-state index contributed by atoms with van der Waals surface area (Å²) in [5.74, 6) is 0. The molecule has 0 saturated heterocycles. The lowest BCUT2D eigenvalue weighted by molar-refractivity contribution is 1.67. The van der Waals surface area contributed by atoms with E-state index < -0.39 is 0 Å². The summed E-state index contributed by atoms with van der Waals surface area (Å²) in [6.07, 6.45) is 0. The molecule has 0 saturated carbocycles. The minimum Gasteiger partial charge on any atom is -0.399 e. The van der Waals surface area contributed by atoms with Gasteiger partial charge >= 0.3 is 0 Å². The van der Waals surface area contributed by atoms with E-state index in [1.807, 2.05) is 0 Å². The van der Waals surface area contributed by atoms with Gasteiger partial charge in [-0.25, -0.2) is 0 Å². The zero-order valence-corrected chi connectivity index (χ0v) is 17.9. The summed E-state index contributed by atoms with van der Waals surface area (Å²) in [6, 6.07) is 28.4. The minimum absolute atomic E-state index is 0.749. The van der Waals surface area contributed by atoms with Crippen molar-refractivity contribution in [3.05, 3.63) is 97.1 Å². The van der Waals surface area contributed by atoms with Gasteiger partial charge in [-0.3, -0.25) is 0 Å². The van der Waals surface area contributed by atoms with Gasteiger partial charge < -0.3 is 45.9 Å². The first kappa shape index (κ1) is 25.3. The molecule has 0 radical (unpaired) electrons. The zero-order valence-electron chi connectivity index (χ0n) is 17.9. The Bertz CT molecular complexity index is 756. The molecule has 8 nitrogen and oxygen atoms in total. The van der Waals surface area contributed by atoms with Gasteiger partial charge in [0.1, 0.15) is 0 Å². The molecule has 8 heteroatoms. The maximum absolute atomic E-state index is 5.37. The van der Waals surface area contributed by atoms with Gasteiger partial charge in [0.15, 0.2) is 0 Å². The Labute approximate surface area is 188 Å². The van der Waals surface area contributed by atoms with Crippen molar-refractivity contribution in [3.8, 4) is 0 Å². The number of benzene rings is 4. The number of hydrogen-bond acceptors (Lipinski definition) is 8. The van der Waals surface area contributed by atoms with Crippen molar-refractivity contribution in [2.75, 3.05) is 45.9 Å². The van der Waals surface area contributed by atoms with Crippen molar-refractivity contribution < 1.29 is 0 Å². The molecule has 16 N–H and O–H groups in total. The Balaban J connectivity index is 0.000000213. The summed E-state index contributed by atoms with van der Waals surface area (Å²) in [4.78, 5) is 0. The predicted molar refractivity (Wildman–Crippen MR) is 141 cm³/mol. The van der Waals surface area contributed by atoms with Gasteiger partial charge in [-0.1, -0.05) is 0 Å². The van der Waals surface area contributed by atoms with Crippen LogP contribution in [0.2, 0.25) is 0 Å². The van der Waals surface area contributed by atoms with Gasteiger partial charge in [0, 0.05) is 45.5 Å². The van der Waals surface area contributed by atoms with E-state index in [4.69, 9.17) is 45.9 Å². The monoisotopic (exact) mass is 432 g/mol. The van der Waals surface area contributed by atoms with Crippen LogP contribution in [0.1, 0.15) is 0 Å². The van der Waals surface area contributed by atoms with Crippen molar-refractivity contribution in [1.82, 2.24) is 0 Å². The number of hydrogen-bond donors (Lipinski definition) is 8. The van der Waals surface area contributed by atoms with Gasteiger partial charge in [-0.05, 0) is 97.1 Å². The first-order chi connectivity index (χ1) is 15.2. The Morgan fingerprint density at radius 3 is 0.312 bits per heavy atom. The van der Waals surface area contributed by atoms with Crippen LogP contribution in [0, 0.1) is 0 Å². The average Bonchev–Trinajstić information content (AvgIpc) is 2.78. The Morgan fingerprint density at radius 2 is 0.250 bits per heavy atom. The molecule has 0 bridgehead atoms. The second-order valence-corrected chi connectivity index (χ2v) is 6.67. The second-order valence-electron chi connectivity index (χ2n) is 6.67. The van der Waals surface area contributed by atoms with E-state index in [-0.39, 0.29) is 0 Å². The maximum Gasteiger partial charge on any atom is 0.0315 e. The lowest BCUT2D eigenvalue weighted by Gasteiger charge is -1.90. The van der Waals surface area contributed by atoms with Crippen molar-refractivity contribution in [3.63, 3.8) is 0 Å². The first-order valence-corrected chi connectivity index (χ1v) is 9.59. The van der Waals surface area contributed by atoms with Crippen LogP contribution >= 0.6 is 0 Å². The van der Waals surface area contributed by atoms with E-state index in [0.29, 0.717) is 0 Å². The molecular formula is C24H32N8. The molecule has 0 amide bonds. The standard InChI is InChI=1S/4C6H8N2/c4*7-5-1-2-6(8)4-3-5/h4*1-4H,7-8H2. The molecule has 0 heterocycles. The molecular weight excluding hydrogens is 400 g/mol. The molecule has 0 aliphatic carbocycles. The third kappa shape index (κ3) is 12.0. The van der Waals surface area contributed by atoms with Crippen LogP contribution in [-0.4, -0.2) is 0 Å². The summed E-state index contributed by atoms with van der Waals surface area (Å²) in [5.41, 5.74) is 49.0. The highest BCUT2D eigenvalue weighted by Gasteiger charge is 1.82. The van der Waals surface area contributed by atoms with Crippen LogP contribution < -0.4 is 45.9 Å². The van der Waals surface area contributed by atoms with Crippen molar-refractivity contribution in [2.45, 2.75) is 0 Å². The number of rotatable bonds is 0. The molecule has 0 aromatic heterocycles. The molecule has 168 valence electrons. The molecule has 4 aromatic rings. The molecule has 0 aliphatic heterocycles. The van der Waals surface area contributed by atoms with E-state index in [1.54, 1.807) is 97.1 Å². The summed E-state index contributed by atoms with van der Waals surface area (Å²) in [6.45, 7) is 0. The van der Waals surface area contributed by atoms with E-state index in [0.717, 1.165) is 45.5 Å². The quantitative estimate of drug-likeness (QED) is 0.192. The first-order valence-electron chi connectivity index (χ1n) is 9.59. The Morgan fingerprint density at radius 1 is 0.188 bits per heavy atom. The van der Waals surface area contributed by atoms with Crippen molar-refractivity contribution in [1.29, 1.82) is 0 Å². The van der Waals surface area contributed by atoms with Crippen LogP contribution in [0.3, 0.4) is 0 Å².